The number of hydrogen-bond donors (Lipinski definition) is 1. The minimum Gasteiger partial charge on any atom is -0.329 e. The van der Waals surface area contributed by atoms with Crippen LogP contribution in [0.1, 0.15) is 38.3 Å². The second kappa shape index (κ2) is 8.16. The Hall–Kier alpha value is -0.0900. The highest BCUT2D eigenvalue weighted by atomic mass is 79.9. The average molecular weight is 334 g/mol. The van der Waals surface area contributed by atoms with Gasteiger partial charge in [0, 0.05) is 22.1 Å². The van der Waals surface area contributed by atoms with Gasteiger partial charge in [-0.3, -0.25) is 4.90 Å². The molecular formula is C14H22BrClN2. The van der Waals surface area contributed by atoms with E-state index in [9.17, 15) is 0 Å². The van der Waals surface area contributed by atoms with Gasteiger partial charge in [-0.05, 0) is 43.6 Å². The monoisotopic (exact) mass is 332 g/mol. The summed E-state index contributed by atoms with van der Waals surface area (Å²) in [6.45, 7) is 7.10. The molecule has 18 heavy (non-hydrogen) atoms. The third-order valence-corrected chi connectivity index (χ3v) is 3.83. The van der Waals surface area contributed by atoms with Gasteiger partial charge in [0.2, 0.25) is 0 Å². The van der Waals surface area contributed by atoms with E-state index >= 15 is 0 Å². The van der Waals surface area contributed by atoms with E-state index in [1.54, 1.807) is 0 Å². The highest BCUT2D eigenvalue weighted by Crippen LogP contribution is 2.29. The summed E-state index contributed by atoms with van der Waals surface area (Å²) in [7, 11) is 0. The smallest absolute Gasteiger partial charge is 0.0485 e. The van der Waals surface area contributed by atoms with Crippen molar-refractivity contribution in [3.8, 4) is 0 Å². The van der Waals surface area contributed by atoms with E-state index < -0.39 is 0 Å². The minimum atomic E-state index is 0.213. The van der Waals surface area contributed by atoms with E-state index in [0.717, 1.165) is 41.0 Å². The largest absolute Gasteiger partial charge is 0.329 e. The zero-order valence-corrected chi connectivity index (χ0v) is 13.5. The first kappa shape index (κ1) is 16.0. The van der Waals surface area contributed by atoms with Crippen LogP contribution in [0, 0.1) is 0 Å². The predicted octanol–water partition coefficient (Wildman–Crippen LogP) is 4.22. The van der Waals surface area contributed by atoms with Crippen LogP contribution in [0.5, 0.6) is 0 Å². The van der Waals surface area contributed by atoms with Gasteiger partial charge in [0.25, 0.3) is 0 Å². The summed E-state index contributed by atoms with van der Waals surface area (Å²) in [5.74, 6) is 0. The van der Waals surface area contributed by atoms with Crippen LogP contribution in [0.2, 0.25) is 5.02 Å². The maximum atomic E-state index is 6.34. The molecule has 0 radical (unpaired) electrons. The Balaban J connectivity index is 2.98. The van der Waals surface area contributed by atoms with Crippen molar-refractivity contribution in [3.05, 3.63) is 33.3 Å². The van der Waals surface area contributed by atoms with Gasteiger partial charge in [0.05, 0.1) is 0 Å². The van der Waals surface area contributed by atoms with Crippen molar-refractivity contribution in [3.63, 3.8) is 0 Å². The third kappa shape index (κ3) is 4.23. The van der Waals surface area contributed by atoms with Crippen LogP contribution in [0.25, 0.3) is 0 Å². The molecule has 0 saturated heterocycles. The SMILES string of the molecule is CCCN(CCC)C(CN)c1ccc(Br)cc1Cl. The van der Waals surface area contributed by atoms with Crippen molar-refractivity contribution in [2.75, 3.05) is 19.6 Å². The molecule has 4 heteroatoms. The predicted molar refractivity (Wildman–Crippen MR) is 83.1 cm³/mol. The summed E-state index contributed by atoms with van der Waals surface area (Å²) < 4.78 is 1.00. The van der Waals surface area contributed by atoms with E-state index in [2.05, 4.69) is 40.7 Å². The standard InChI is InChI=1S/C14H22BrClN2/c1-3-7-18(8-4-2)14(10-17)12-6-5-11(15)9-13(12)16/h5-6,9,14H,3-4,7-8,10,17H2,1-2H3. The van der Waals surface area contributed by atoms with E-state index in [1.807, 2.05) is 12.1 Å². The molecule has 0 saturated carbocycles. The molecule has 0 heterocycles. The number of benzene rings is 1. The van der Waals surface area contributed by atoms with Gasteiger partial charge in [-0.25, -0.2) is 0 Å². The Morgan fingerprint density at radius 1 is 1.28 bits per heavy atom. The van der Waals surface area contributed by atoms with Gasteiger partial charge in [-0.2, -0.15) is 0 Å². The Bertz CT molecular complexity index is 365. The maximum absolute atomic E-state index is 6.34. The van der Waals surface area contributed by atoms with Crippen LogP contribution in [0.4, 0.5) is 0 Å². The molecule has 0 amide bonds. The van der Waals surface area contributed by atoms with Crippen LogP contribution >= 0.6 is 27.5 Å². The minimum absolute atomic E-state index is 0.213. The first-order valence-corrected chi connectivity index (χ1v) is 7.70. The second-order valence-electron chi connectivity index (χ2n) is 4.45. The van der Waals surface area contributed by atoms with E-state index in [4.69, 9.17) is 17.3 Å². The highest BCUT2D eigenvalue weighted by Gasteiger charge is 2.20. The van der Waals surface area contributed by atoms with Crippen molar-refractivity contribution in [1.82, 2.24) is 4.90 Å². The van der Waals surface area contributed by atoms with Crippen LogP contribution < -0.4 is 5.73 Å². The van der Waals surface area contributed by atoms with E-state index in [-0.39, 0.29) is 6.04 Å². The van der Waals surface area contributed by atoms with Crippen molar-refractivity contribution in [2.45, 2.75) is 32.7 Å². The number of rotatable bonds is 7. The Morgan fingerprint density at radius 3 is 2.33 bits per heavy atom. The lowest BCUT2D eigenvalue weighted by atomic mass is 10.0. The Kier molecular flexibility index (Phi) is 7.23. The fourth-order valence-corrected chi connectivity index (χ4v) is 3.04. The fourth-order valence-electron chi connectivity index (χ4n) is 2.24. The van der Waals surface area contributed by atoms with E-state index in [1.165, 1.54) is 0 Å². The first-order valence-electron chi connectivity index (χ1n) is 6.53. The second-order valence-corrected chi connectivity index (χ2v) is 5.78. The van der Waals surface area contributed by atoms with Crippen molar-refractivity contribution in [1.29, 1.82) is 0 Å². The number of hydrogen-bond acceptors (Lipinski definition) is 2. The summed E-state index contributed by atoms with van der Waals surface area (Å²) in [6, 6.07) is 6.25. The molecule has 0 aromatic heterocycles. The van der Waals surface area contributed by atoms with Gasteiger partial charge < -0.3 is 5.73 Å². The Labute approximate surface area is 124 Å². The fraction of sp³-hybridized carbons (Fsp3) is 0.571. The number of nitrogens with zero attached hydrogens (tertiary/aromatic N) is 1. The molecule has 0 bridgehead atoms. The molecule has 0 aliphatic heterocycles. The molecule has 1 atom stereocenters. The molecule has 2 nitrogen and oxygen atoms in total. The molecule has 0 fully saturated rings. The molecule has 102 valence electrons. The average Bonchev–Trinajstić information content (AvgIpc) is 2.33. The molecule has 0 aliphatic rings. The van der Waals surface area contributed by atoms with Gasteiger partial charge >= 0.3 is 0 Å². The number of nitrogens with two attached hydrogens (primary N) is 1. The van der Waals surface area contributed by atoms with Crippen LogP contribution in [-0.4, -0.2) is 24.5 Å². The van der Waals surface area contributed by atoms with Crippen LogP contribution in [0.3, 0.4) is 0 Å². The highest BCUT2D eigenvalue weighted by molar-refractivity contribution is 9.10. The summed E-state index contributed by atoms with van der Waals surface area (Å²) in [5.41, 5.74) is 7.09. The molecule has 1 rings (SSSR count). The normalized spacial score (nSPS) is 13.0. The van der Waals surface area contributed by atoms with Gasteiger partial charge in [0.15, 0.2) is 0 Å². The maximum Gasteiger partial charge on any atom is 0.0485 e. The third-order valence-electron chi connectivity index (χ3n) is 3.01. The topological polar surface area (TPSA) is 29.3 Å². The summed E-state index contributed by atoms with van der Waals surface area (Å²) in [6.07, 6.45) is 2.26. The lowest BCUT2D eigenvalue weighted by molar-refractivity contribution is 0.202. The zero-order chi connectivity index (χ0) is 13.5. The van der Waals surface area contributed by atoms with E-state index in [0.29, 0.717) is 6.54 Å². The molecular weight excluding hydrogens is 312 g/mol. The Morgan fingerprint density at radius 2 is 1.89 bits per heavy atom. The first-order chi connectivity index (χ1) is 8.63. The molecule has 1 unspecified atom stereocenters. The molecule has 1 aromatic rings. The molecule has 0 aliphatic carbocycles. The summed E-state index contributed by atoms with van der Waals surface area (Å²) >= 11 is 9.77. The quantitative estimate of drug-likeness (QED) is 0.809. The lowest BCUT2D eigenvalue weighted by Crippen LogP contribution is -2.35. The van der Waals surface area contributed by atoms with Gasteiger partial charge in [-0.1, -0.05) is 47.4 Å². The summed E-state index contributed by atoms with van der Waals surface area (Å²) in [5, 5.41) is 0.789. The van der Waals surface area contributed by atoms with Crippen molar-refractivity contribution >= 4 is 27.5 Å². The van der Waals surface area contributed by atoms with Crippen molar-refractivity contribution in [2.24, 2.45) is 5.73 Å². The number of halogens is 2. The zero-order valence-electron chi connectivity index (χ0n) is 11.1. The van der Waals surface area contributed by atoms with Gasteiger partial charge in [0.1, 0.15) is 0 Å². The van der Waals surface area contributed by atoms with Crippen LogP contribution in [-0.2, 0) is 0 Å². The van der Waals surface area contributed by atoms with Crippen molar-refractivity contribution < 1.29 is 0 Å². The molecule has 0 spiro atoms. The lowest BCUT2D eigenvalue weighted by Gasteiger charge is -2.31. The molecule has 1 aromatic carbocycles. The molecule has 2 N–H and O–H groups in total. The van der Waals surface area contributed by atoms with Crippen LogP contribution in [0.15, 0.2) is 22.7 Å². The summed E-state index contributed by atoms with van der Waals surface area (Å²) in [4.78, 5) is 2.43. The van der Waals surface area contributed by atoms with Gasteiger partial charge in [-0.15, -0.1) is 0 Å².